The van der Waals surface area contributed by atoms with E-state index in [0.717, 1.165) is 25.9 Å². The van der Waals surface area contributed by atoms with E-state index in [1.807, 2.05) is 0 Å². The molecule has 2 nitrogen and oxygen atoms in total. The standard InChI is InChI=1S/C18H22N2/c1-2-17(19)16-9-5-6-10-18(16)20-12-11-14-7-3-4-8-15(14)13-20/h3-10,17H,2,11-13,19H2,1H3/t17-/m0/s1. The third kappa shape index (κ3) is 2.44. The second-order valence-corrected chi connectivity index (χ2v) is 5.51. The van der Waals surface area contributed by atoms with Gasteiger partial charge in [0.15, 0.2) is 0 Å². The fraction of sp³-hybridized carbons (Fsp3) is 0.333. The molecular weight excluding hydrogens is 244 g/mol. The van der Waals surface area contributed by atoms with Gasteiger partial charge in [0.1, 0.15) is 0 Å². The summed E-state index contributed by atoms with van der Waals surface area (Å²) in [6, 6.07) is 17.5. The molecule has 1 atom stereocenters. The number of nitrogens with zero attached hydrogens (tertiary/aromatic N) is 1. The Bertz CT molecular complexity index is 591. The van der Waals surface area contributed by atoms with Crippen LogP contribution in [-0.2, 0) is 13.0 Å². The molecule has 0 fully saturated rings. The average Bonchev–Trinajstić information content (AvgIpc) is 2.53. The molecule has 1 aliphatic heterocycles. The first kappa shape index (κ1) is 13.2. The summed E-state index contributed by atoms with van der Waals surface area (Å²) in [4.78, 5) is 2.47. The van der Waals surface area contributed by atoms with Crippen molar-refractivity contribution in [3.63, 3.8) is 0 Å². The van der Waals surface area contributed by atoms with Gasteiger partial charge in [-0.25, -0.2) is 0 Å². The number of hydrogen-bond acceptors (Lipinski definition) is 2. The summed E-state index contributed by atoms with van der Waals surface area (Å²) in [5.74, 6) is 0. The largest absolute Gasteiger partial charge is 0.367 e. The summed E-state index contributed by atoms with van der Waals surface area (Å²) >= 11 is 0. The van der Waals surface area contributed by atoms with Gasteiger partial charge >= 0.3 is 0 Å². The smallest absolute Gasteiger partial charge is 0.0432 e. The number of benzene rings is 2. The zero-order valence-corrected chi connectivity index (χ0v) is 12.0. The van der Waals surface area contributed by atoms with Crippen molar-refractivity contribution in [2.75, 3.05) is 11.4 Å². The van der Waals surface area contributed by atoms with Gasteiger partial charge in [0.25, 0.3) is 0 Å². The minimum atomic E-state index is 0.128. The van der Waals surface area contributed by atoms with Crippen LogP contribution in [0.3, 0.4) is 0 Å². The van der Waals surface area contributed by atoms with Crippen molar-refractivity contribution in [1.29, 1.82) is 0 Å². The minimum absolute atomic E-state index is 0.128. The molecule has 0 saturated heterocycles. The van der Waals surface area contributed by atoms with Crippen LogP contribution in [0, 0.1) is 0 Å². The summed E-state index contributed by atoms with van der Waals surface area (Å²) < 4.78 is 0. The van der Waals surface area contributed by atoms with Crippen LogP contribution >= 0.6 is 0 Å². The highest BCUT2D eigenvalue weighted by atomic mass is 15.1. The normalized spacial score (nSPS) is 15.8. The quantitative estimate of drug-likeness (QED) is 0.918. The molecule has 1 heterocycles. The summed E-state index contributed by atoms with van der Waals surface area (Å²) in [7, 11) is 0. The van der Waals surface area contributed by atoms with Crippen molar-refractivity contribution < 1.29 is 0 Å². The lowest BCUT2D eigenvalue weighted by Crippen LogP contribution is -2.31. The van der Waals surface area contributed by atoms with Crippen molar-refractivity contribution in [3.8, 4) is 0 Å². The van der Waals surface area contributed by atoms with Gasteiger partial charge in [-0.3, -0.25) is 0 Å². The molecule has 104 valence electrons. The van der Waals surface area contributed by atoms with Crippen LogP contribution < -0.4 is 10.6 Å². The van der Waals surface area contributed by atoms with Gasteiger partial charge < -0.3 is 10.6 Å². The molecule has 0 radical (unpaired) electrons. The van der Waals surface area contributed by atoms with Crippen LogP contribution in [-0.4, -0.2) is 6.54 Å². The molecule has 0 saturated carbocycles. The number of nitrogens with two attached hydrogens (primary N) is 1. The van der Waals surface area contributed by atoms with Gasteiger partial charge in [-0.1, -0.05) is 49.4 Å². The monoisotopic (exact) mass is 266 g/mol. The molecule has 2 aromatic rings. The van der Waals surface area contributed by atoms with Gasteiger partial charge in [-0.05, 0) is 35.6 Å². The van der Waals surface area contributed by atoms with Gasteiger partial charge in [-0.2, -0.15) is 0 Å². The molecule has 2 N–H and O–H groups in total. The van der Waals surface area contributed by atoms with Crippen molar-refractivity contribution in [2.45, 2.75) is 32.4 Å². The number of rotatable bonds is 3. The lowest BCUT2D eigenvalue weighted by atomic mass is 9.97. The van der Waals surface area contributed by atoms with Crippen molar-refractivity contribution in [3.05, 3.63) is 65.2 Å². The van der Waals surface area contributed by atoms with Crippen molar-refractivity contribution in [2.24, 2.45) is 5.73 Å². The van der Waals surface area contributed by atoms with Gasteiger partial charge in [0.2, 0.25) is 0 Å². The molecule has 3 rings (SSSR count). The fourth-order valence-electron chi connectivity index (χ4n) is 3.01. The van der Waals surface area contributed by atoms with E-state index in [2.05, 4.69) is 60.4 Å². The zero-order valence-electron chi connectivity index (χ0n) is 12.0. The third-order valence-electron chi connectivity index (χ3n) is 4.25. The Labute approximate surface area is 121 Å². The Balaban J connectivity index is 1.92. The lowest BCUT2D eigenvalue weighted by Gasteiger charge is -2.33. The summed E-state index contributed by atoms with van der Waals surface area (Å²) in [5, 5.41) is 0. The zero-order chi connectivity index (χ0) is 13.9. The van der Waals surface area contributed by atoms with E-state index in [1.54, 1.807) is 0 Å². The first-order chi connectivity index (χ1) is 9.79. The van der Waals surface area contributed by atoms with E-state index in [9.17, 15) is 0 Å². The maximum Gasteiger partial charge on any atom is 0.0432 e. The van der Waals surface area contributed by atoms with Gasteiger partial charge in [-0.15, -0.1) is 0 Å². The minimum Gasteiger partial charge on any atom is -0.367 e. The fourth-order valence-corrected chi connectivity index (χ4v) is 3.01. The summed E-state index contributed by atoms with van der Waals surface area (Å²) in [5.41, 5.74) is 11.8. The van der Waals surface area contributed by atoms with E-state index in [1.165, 1.54) is 22.4 Å². The maximum atomic E-state index is 6.27. The lowest BCUT2D eigenvalue weighted by molar-refractivity contribution is 0.677. The third-order valence-corrected chi connectivity index (χ3v) is 4.25. The van der Waals surface area contributed by atoms with Gasteiger partial charge in [0.05, 0.1) is 0 Å². The Hall–Kier alpha value is -1.80. The topological polar surface area (TPSA) is 29.3 Å². The van der Waals surface area contributed by atoms with Crippen LogP contribution in [0.5, 0.6) is 0 Å². The second kappa shape index (κ2) is 5.68. The van der Waals surface area contributed by atoms with Crippen molar-refractivity contribution >= 4 is 5.69 Å². The molecule has 0 spiro atoms. The van der Waals surface area contributed by atoms with Crippen LogP contribution in [0.25, 0.3) is 0 Å². The number of anilines is 1. The molecular formula is C18H22N2. The molecule has 1 aliphatic rings. The van der Waals surface area contributed by atoms with E-state index in [0.29, 0.717) is 0 Å². The highest BCUT2D eigenvalue weighted by Gasteiger charge is 2.19. The van der Waals surface area contributed by atoms with E-state index < -0.39 is 0 Å². The molecule has 0 aliphatic carbocycles. The highest BCUT2D eigenvalue weighted by molar-refractivity contribution is 5.56. The summed E-state index contributed by atoms with van der Waals surface area (Å²) in [6.07, 6.45) is 2.09. The van der Waals surface area contributed by atoms with Crippen LogP contribution in [0.4, 0.5) is 5.69 Å². The predicted octanol–water partition coefficient (Wildman–Crippen LogP) is 3.66. The Kier molecular flexibility index (Phi) is 3.75. The Morgan fingerprint density at radius 1 is 1.05 bits per heavy atom. The average molecular weight is 266 g/mol. The molecule has 20 heavy (non-hydrogen) atoms. The maximum absolute atomic E-state index is 6.27. The molecule has 0 aromatic heterocycles. The molecule has 2 aromatic carbocycles. The van der Waals surface area contributed by atoms with Gasteiger partial charge in [0, 0.05) is 24.8 Å². The van der Waals surface area contributed by atoms with Crippen LogP contribution in [0.1, 0.15) is 36.1 Å². The van der Waals surface area contributed by atoms with Crippen LogP contribution in [0.2, 0.25) is 0 Å². The molecule has 2 heteroatoms. The van der Waals surface area contributed by atoms with E-state index in [4.69, 9.17) is 5.73 Å². The highest BCUT2D eigenvalue weighted by Crippen LogP contribution is 2.30. The Morgan fingerprint density at radius 2 is 1.75 bits per heavy atom. The molecule has 0 bridgehead atoms. The first-order valence-electron chi connectivity index (χ1n) is 7.46. The Morgan fingerprint density at radius 3 is 2.55 bits per heavy atom. The predicted molar refractivity (Wildman–Crippen MR) is 84.9 cm³/mol. The summed E-state index contributed by atoms with van der Waals surface area (Å²) in [6.45, 7) is 4.21. The molecule has 0 amide bonds. The second-order valence-electron chi connectivity index (χ2n) is 5.51. The number of para-hydroxylation sites is 1. The molecule has 0 unspecified atom stereocenters. The van der Waals surface area contributed by atoms with Crippen LogP contribution in [0.15, 0.2) is 48.5 Å². The van der Waals surface area contributed by atoms with E-state index in [-0.39, 0.29) is 6.04 Å². The van der Waals surface area contributed by atoms with Crippen molar-refractivity contribution in [1.82, 2.24) is 0 Å². The SMILES string of the molecule is CC[C@H](N)c1ccccc1N1CCc2ccccc2C1. The number of fused-ring (bicyclic) bond motifs is 1. The number of hydrogen-bond donors (Lipinski definition) is 1. The van der Waals surface area contributed by atoms with E-state index >= 15 is 0 Å². The first-order valence-corrected chi connectivity index (χ1v) is 7.46.